The van der Waals surface area contributed by atoms with Crippen LogP contribution in [0.4, 0.5) is 5.82 Å². The van der Waals surface area contributed by atoms with Crippen molar-refractivity contribution in [2.45, 2.75) is 13.5 Å². The lowest BCUT2D eigenvalue weighted by Crippen LogP contribution is -2.31. The number of hydrogen-bond acceptors (Lipinski definition) is 5. The fourth-order valence-electron chi connectivity index (χ4n) is 3.85. The van der Waals surface area contributed by atoms with Gasteiger partial charge < -0.3 is 14.4 Å². The summed E-state index contributed by atoms with van der Waals surface area (Å²) in [6, 6.07) is 0. The molecule has 0 spiro atoms. The molecule has 4 heterocycles. The fourth-order valence-corrected chi connectivity index (χ4v) is 3.85. The van der Waals surface area contributed by atoms with Crippen LogP contribution < -0.4 is 4.90 Å². The molecule has 22 heavy (non-hydrogen) atoms. The highest BCUT2D eigenvalue weighted by Crippen LogP contribution is 2.33. The van der Waals surface area contributed by atoms with Crippen molar-refractivity contribution in [2.75, 3.05) is 37.6 Å². The van der Waals surface area contributed by atoms with Crippen molar-refractivity contribution in [3.05, 3.63) is 36.8 Å². The summed E-state index contributed by atoms with van der Waals surface area (Å²) < 4.78 is 2.16. The van der Waals surface area contributed by atoms with E-state index >= 15 is 0 Å². The average Bonchev–Trinajstić information content (AvgIpc) is 3.21. The molecule has 2 atom stereocenters. The Labute approximate surface area is 130 Å². The molecule has 2 aliphatic rings. The second-order valence-electron chi connectivity index (χ2n) is 6.51. The summed E-state index contributed by atoms with van der Waals surface area (Å²) in [5.41, 5.74) is 1.18. The van der Waals surface area contributed by atoms with E-state index in [1.165, 1.54) is 18.7 Å². The molecule has 2 saturated heterocycles. The van der Waals surface area contributed by atoms with Crippen LogP contribution in [0, 0.1) is 18.8 Å². The first-order chi connectivity index (χ1) is 10.8. The Bertz CT molecular complexity index is 611. The van der Waals surface area contributed by atoms with Crippen LogP contribution in [0.25, 0.3) is 0 Å². The van der Waals surface area contributed by atoms with E-state index in [0.29, 0.717) is 0 Å². The molecule has 2 unspecified atom stereocenters. The van der Waals surface area contributed by atoms with Crippen molar-refractivity contribution >= 4 is 5.82 Å². The van der Waals surface area contributed by atoms with E-state index in [9.17, 15) is 0 Å². The quantitative estimate of drug-likeness (QED) is 0.844. The maximum absolute atomic E-state index is 4.47. The number of fused-ring (bicyclic) bond motifs is 1. The van der Waals surface area contributed by atoms with E-state index in [4.69, 9.17) is 0 Å². The minimum atomic E-state index is 0.775. The van der Waals surface area contributed by atoms with Gasteiger partial charge in [-0.2, -0.15) is 0 Å². The van der Waals surface area contributed by atoms with Crippen LogP contribution in [0.3, 0.4) is 0 Å². The second kappa shape index (κ2) is 5.68. The van der Waals surface area contributed by atoms with Crippen LogP contribution in [0.5, 0.6) is 0 Å². The molecule has 2 fully saturated rings. The Kier molecular flexibility index (Phi) is 3.54. The van der Waals surface area contributed by atoms with Gasteiger partial charge in [0.1, 0.15) is 12.1 Å². The van der Waals surface area contributed by atoms with Crippen LogP contribution in [-0.4, -0.2) is 57.1 Å². The maximum Gasteiger partial charge on any atom is 0.134 e. The van der Waals surface area contributed by atoms with Gasteiger partial charge in [-0.15, -0.1) is 0 Å². The van der Waals surface area contributed by atoms with Crippen molar-refractivity contribution in [2.24, 2.45) is 11.8 Å². The lowest BCUT2D eigenvalue weighted by Gasteiger charge is -2.23. The van der Waals surface area contributed by atoms with E-state index in [0.717, 1.165) is 43.8 Å². The van der Waals surface area contributed by atoms with Gasteiger partial charge in [0.05, 0.1) is 6.33 Å². The summed E-state index contributed by atoms with van der Waals surface area (Å²) >= 11 is 0. The number of likely N-dealkylation sites (tertiary alicyclic amines) is 1. The first kappa shape index (κ1) is 13.7. The first-order valence-electron chi connectivity index (χ1n) is 7.99. The Hall–Kier alpha value is -1.95. The summed E-state index contributed by atoms with van der Waals surface area (Å²) in [6.07, 6.45) is 9.36. The molecule has 0 radical (unpaired) electrons. The highest BCUT2D eigenvalue weighted by atomic mass is 15.3. The van der Waals surface area contributed by atoms with Crippen LogP contribution >= 0.6 is 0 Å². The number of aryl methyl sites for hydroxylation is 1. The average molecular weight is 298 g/mol. The number of aromatic nitrogens is 4. The summed E-state index contributed by atoms with van der Waals surface area (Å²) in [5, 5.41) is 0. The lowest BCUT2D eigenvalue weighted by molar-refractivity contribution is 0.302. The standard InChI is InChI=1S/C16H22N6/c1-13-6-18-11-19-16(13)22-9-14-7-21(8-15(14)10-22)5-4-20-3-2-17-12-20/h2-3,6,11-12,14-15H,4-5,7-10H2,1H3. The minimum absolute atomic E-state index is 0.775. The largest absolute Gasteiger partial charge is 0.356 e. The predicted octanol–water partition coefficient (Wildman–Crippen LogP) is 1.05. The van der Waals surface area contributed by atoms with Gasteiger partial charge >= 0.3 is 0 Å². The van der Waals surface area contributed by atoms with Gasteiger partial charge in [0, 0.05) is 63.4 Å². The van der Waals surface area contributed by atoms with Crippen LogP contribution in [-0.2, 0) is 6.54 Å². The second-order valence-corrected chi connectivity index (χ2v) is 6.51. The summed E-state index contributed by atoms with van der Waals surface area (Å²) in [6.45, 7) is 8.93. The van der Waals surface area contributed by atoms with Crippen molar-refractivity contribution in [1.29, 1.82) is 0 Å². The van der Waals surface area contributed by atoms with Gasteiger partial charge in [0.25, 0.3) is 0 Å². The highest BCUT2D eigenvalue weighted by molar-refractivity contribution is 5.46. The Morgan fingerprint density at radius 1 is 1.09 bits per heavy atom. The van der Waals surface area contributed by atoms with Crippen molar-refractivity contribution in [1.82, 2.24) is 24.4 Å². The SMILES string of the molecule is Cc1cncnc1N1CC2CN(CCn3ccnc3)CC2C1. The topological polar surface area (TPSA) is 50.1 Å². The van der Waals surface area contributed by atoms with Crippen molar-refractivity contribution in [3.8, 4) is 0 Å². The molecule has 6 nitrogen and oxygen atoms in total. The van der Waals surface area contributed by atoms with Crippen molar-refractivity contribution < 1.29 is 0 Å². The number of rotatable bonds is 4. The minimum Gasteiger partial charge on any atom is -0.356 e. The van der Waals surface area contributed by atoms with Crippen LogP contribution in [0.15, 0.2) is 31.2 Å². The van der Waals surface area contributed by atoms with E-state index < -0.39 is 0 Å². The monoisotopic (exact) mass is 298 g/mol. The molecule has 4 rings (SSSR count). The summed E-state index contributed by atoms with van der Waals surface area (Å²) in [7, 11) is 0. The van der Waals surface area contributed by atoms with Gasteiger partial charge in [-0.05, 0) is 18.8 Å². The smallest absolute Gasteiger partial charge is 0.134 e. The number of anilines is 1. The van der Waals surface area contributed by atoms with E-state index in [1.54, 1.807) is 6.33 Å². The highest BCUT2D eigenvalue weighted by Gasteiger charge is 2.40. The Balaban J connectivity index is 1.34. The molecule has 2 aliphatic heterocycles. The molecule has 0 N–H and O–H groups in total. The molecule has 0 aromatic carbocycles. The normalized spacial score (nSPS) is 24.9. The first-order valence-corrected chi connectivity index (χ1v) is 7.99. The van der Waals surface area contributed by atoms with E-state index in [2.05, 4.69) is 36.2 Å². The Morgan fingerprint density at radius 2 is 1.91 bits per heavy atom. The van der Waals surface area contributed by atoms with Crippen LogP contribution in [0.1, 0.15) is 5.56 Å². The van der Waals surface area contributed by atoms with Gasteiger partial charge in [-0.3, -0.25) is 0 Å². The Morgan fingerprint density at radius 3 is 2.59 bits per heavy atom. The van der Waals surface area contributed by atoms with E-state index in [-0.39, 0.29) is 0 Å². The molecule has 0 bridgehead atoms. The molecule has 2 aromatic heterocycles. The van der Waals surface area contributed by atoms with E-state index in [1.807, 2.05) is 24.9 Å². The van der Waals surface area contributed by atoms with Gasteiger partial charge in [0.2, 0.25) is 0 Å². The van der Waals surface area contributed by atoms with Gasteiger partial charge in [-0.1, -0.05) is 0 Å². The summed E-state index contributed by atoms with van der Waals surface area (Å²) in [4.78, 5) is 17.7. The fraction of sp³-hybridized carbons (Fsp3) is 0.562. The molecule has 6 heteroatoms. The predicted molar refractivity (Wildman–Crippen MR) is 84.6 cm³/mol. The van der Waals surface area contributed by atoms with Gasteiger partial charge in [-0.25, -0.2) is 15.0 Å². The van der Waals surface area contributed by atoms with Crippen LogP contribution in [0.2, 0.25) is 0 Å². The zero-order valence-electron chi connectivity index (χ0n) is 13.0. The molecule has 0 saturated carbocycles. The molecular formula is C16H22N6. The van der Waals surface area contributed by atoms with Crippen molar-refractivity contribution in [3.63, 3.8) is 0 Å². The maximum atomic E-state index is 4.47. The molecule has 0 aliphatic carbocycles. The number of imidazole rings is 1. The third-order valence-electron chi connectivity index (χ3n) is 4.96. The third kappa shape index (κ3) is 2.59. The number of nitrogens with zero attached hydrogens (tertiary/aromatic N) is 6. The molecule has 0 amide bonds. The summed E-state index contributed by atoms with van der Waals surface area (Å²) in [5.74, 6) is 2.67. The molecule has 2 aromatic rings. The lowest BCUT2D eigenvalue weighted by atomic mass is 10.0. The number of hydrogen-bond donors (Lipinski definition) is 0. The molecule has 116 valence electrons. The van der Waals surface area contributed by atoms with Gasteiger partial charge in [0.15, 0.2) is 0 Å². The third-order valence-corrected chi connectivity index (χ3v) is 4.96. The zero-order chi connectivity index (χ0) is 14.9. The zero-order valence-corrected chi connectivity index (χ0v) is 13.0. The molecular weight excluding hydrogens is 276 g/mol.